The predicted molar refractivity (Wildman–Crippen MR) is 86.6 cm³/mol. The Morgan fingerprint density at radius 1 is 1.29 bits per heavy atom. The van der Waals surface area contributed by atoms with E-state index in [2.05, 4.69) is 22.3 Å². The van der Waals surface area contributed by atoms with Crippen LogP contribution in [0.25, 0.3) is 10.8 Å². The second-order valence-electron chi connectivity index (χ2n) is 5.11. The van der Waals surface area contributed by atoms with Crippen LogP contribution >= 0.6 is 0 Å². The van der Waals surface area contributed by atoms with Crippen LogP contribution in [0.2, 0.25) is 0 Å². The summed E-state index contributed by atoms with van der Waals surface area (Å²) in [6.45, 7) is 2.12. The van der Waals surface area contributed by atoms with Crippen molar-refractivity contribution in [3.63, 3.8) is 0 Å². The molecule has 0 atom stereocenters. The highest BCUT2D eigenvalue weighted by atomic mass is 15.3. The van der Waals surface area contributed by atoms with Crippen LogP contribution in [0.4, 0.5) is 17.2 Å². The molecule has 0 aliphatic heterocycles. The standard InChI is InChI=1S/C16H19N5/c1-3-5-14-15(17)16(21(2)20-14)19-13-7-4-6-11-10-18-9-8-12(11)13/h4,6-10,19H,3,5,17H2,1-2H3. The fourth-order valence-electron chi connectivity index (χ4n) is 2.52. The van der Waals surface area contributed by atoms with Crippen molar-refractivity contribution in [2.45, 2.75) is 19.8 Å². The predicted octanol–water partition coefficient (Wildman–Crippen LogP) is 3.25. The van der Waals surface area contributed by atoms with Gasteiger partial charge in [-0.1, -0.05) is 25.5 Å². The maximum atomic E-state index is 6.22. The molecule has 3 N–H and O–H groups in total. The summed E-state index contributed by atoms with van der Waals surface area (Å²) in [4.78, 5) is 4.15. The number of aromatic nitrogens is 3. The maximum absolute atomic E-state index is 6.22. The van der Waals surface area contributed by atoms with Crippen LogP contribution < -0.4 is 11.1 Å². The molecule has 0 saturated heterocycles. The third-order valence-corrected chi connectivity index (χ3v) is 3.58. The second-order valence-corrected chi connectivity index (χ2v) is 5.11. The van der Waals surface area contributed by atoms with Gasteiger partial charge in [0.1, 0.15) is 0 Å². The molecule has 0 fully saturated rings. The van der Waals surface area contributed by atoms with Crippen molar-refractivity contribution >= 4 is 28.0 Å². The van der Waals surface area contributed by atoms with E-state index in [4.69, 9.17) is 5.73 Å². The fourth-order valence-corrected chi connectivity index (χ4v) is 2.52. The minimum Gasteiger partial charge on any atom is -0.394 e. The topological polar surface area (TPSA) is 68.8 Å². The lowest BCUT2D eigenvalue weighted by molar-refractivity contribution is 0.740. The van der Waals surface area contributed by atoms with Gasteiger partial charge in [-0.25, -0.2) is 0 Å². The Morgan fingerprint density at radius 3 is 2.95 bits per heavy atom. The third kappa shape index (κ3) is 2.42. The van der Waals surface area contributed by atoms with E-state index in [1.807, 2.05) is 37.5 Å². The van der Waals surface area contributed by atoms with Crippen molar-refractivity contribution in [2.75, 3.05) is 11.1 Å². The number of pyridine rings is 1. The van der Waals surface area contributed by atoms with E-state index < -0.39 is 0 Å². The number of nitrogens with two attached hydrogens (primary N) is 1. The van der Waals surface area contributed by atoms with Crippen molar-refractivity contribution in [3.05, 3.63) is 42.4 Å². The number of aryl methyl sites for hydroxylation is 2. The van der Waals surface area contributed by atoms with E-state index in [9.17, 15) is 0 Å². The smallest absolute Gasteiger partial charge is 0.152 e. The first kappa shape index (κ1) is 13.4. The van der Waals surface area contributed by atoms with E-state index in [-0.39, 0.29) is 0 Å². The first-order valence-corrected chi connectivity index (χ1v) is 7.11. The van der Waals surface area contributed by atoms with Gasteiger partial charge in [-0.15, -0.1) is 0 Å². The summed E-state index contributed by atoms with van der Waals surface area (Å²) in [5.41, 5.74) is 8.91. The van der Waals surface area contributed by atoms with Crippen molar-refractivity contribution in [1.29, 1.82) is 0 Å². The summed E-state index contributed by atoms with van der Waals surface area (Å²) < 4.78 is 1.81. The van der Waals surface area contributed by atoms with Gasteiger partial charge in [0.2, 0.25) is 0 Å². The summed E-state index contributed by atoms with van der Waals surface area (Å²) in [7, 11) is 1.91. The molecule has 1 aromatic carbocycles. The van der Waals surface area contributed by atoms with Crippen molar-refractivity contribution < 1.29 is 0 Å². The molecule has 5 nitrogen and oxygen atoms in total. The van der Waals surface area contributed by atoms with Gasteiger partial charge in [-0.05, 0) is 18.6 Å². The minimum absolute atomic E-state index is 0.727. The zero-order valence-corrected chi connectivity index (χ0v) is 12.3. The lowest BCUT2D eigenvalue weighted by atomic mass is 10.1. The Labute approximate surface area is 123 Å². The molecule has 3 rings (SSSR count). The van der Waals surface area contributed by atoms with Crippen LogP contribution in [-0.4, -0.2) is 14.8 Å². The second kappa shape index (κ2) is 5.44. The molecular weight excluding hydrogens is 262 g/mol. The molecule has 0 saturated carbocycles. The van der Waals surface area contributed by atoms with Crippen LogP contribution in [0.3, 0.4) is 0 Å². The molecule has 3 aromatic rings. The maximum Gasteiger partial charge on any atom is 0.152 e. The van der Waals surface area contributed by atoms with E-state index in [1.54, 1.807) is 10.9 Å². The Morgan fingerprint density at radius 2 is 2.14 bits per heavy atom. The van der Waals surface area contributed by atoms with Crippen molar-refractivity contribution in [3.8, 4) is 0 Å². The van der Waals surface area contributed by atoms with Crippen LogP contribution in [0, 0.1) is 0 Å². The molecular formula is C16H19N5. The number of nitrogen functional groups attached to an aromatic ring is 1. The lowest BCUT2D eigenvalue weighted by Gasteiger charge is -2.10. The normalized spacial score (nSPS) is 11.0. The summed E-state index contributed by atoms with van der Waals surface area (Å²) in [5.74, 6) is 0.836. The molecule has 2 heterocycles. The van der Waals surface area contributed by atoms with Crippen molar-refractivity contribution in [2.24, 2.45) is 7.05 Å². The van der Waals surface area contributed by atoms with Crippen LogP contribution in [-0.2, 0) is 13.5 Å². The molecule has 5 heteroatoms. The van der Waals surface area contributed by atoms with E-state index in [0.29, 0.717) is 0 Å². The molecule has 0 aliphatic carbocycles. The minimum atomic E-state index is 0.727. The zero-order chi connectivity index (χ0) is 14.8. The first-order chi connectivity index (χ1) is 10.2. The molecule has 0 spiro atoms. The number of rotatable bonds is 4. The SMILES string of the molecule is CCCc1nn(C)c(Nc2cccc3cnccc23)c1N. The van der Waals surface area contributed by atoms with E-state index >= 15 is 0 Å². The molecule has 21 heavy (non-hydrogen) atoms. The number of fused-ring (bicyclic) bond motifs is 1. The van der Waals surface area contributed by atoms with Crippen molar-refractivity contribution in [1.82, 2.24) is 14.8 Å². The zero-order valence-electron chi connectivity index (χ0n) is 12.3. The highest BCUT2D eigenvalue weighted by Gasteiger charge is 2.13. The number of anilines is 3. The van der Waals surface area contributed by atoms with Crippen LogP contribution in [0.1, 0.15) is 19.0 Å². The summed E-state index contributed by atoms with van der Waals surface area (Å²) in [6, 6.07) is 8.08. The average Bonchev–Trinajstić information content (AvgIpc) is 2.76. The Bertz CT molecular complexity index is 770. The van der Waals surface area contributed by atoms with Gasteiger partial charge in [0.25, 0.3) is 0 Å². The fraction of sp³-hybridized carbons (Fsp3) is 0.250. The van der Waals surface area contributed by atoms with Gasteiger partial charge in [0.15, 0.2) is 5.82 Å². The van der Waals surface area contributed by atoms with Gasteiger partial charge in [-0.2, -0.15) is 5.10 Å². The van der Waals surface area contributed by atoms with Gasteiger partial charge in [0, 0.05) is 35.9 Å². The highest BCUT2D eigenvalue weighted by Crippen LogP contribution is 2.30. The third-order valence-electron chi connectivity index (χ3n) is 3.58. The average molecular weight is 281 g/mol. The van der Waals surface area contributed by atoms with E-state index in [0.717, 1.165) is 46.5 Å². The molecule has 0 aliphatic rings. The number of hydrogen-bond acceptors (Lipinski definition) is 4. The number of nitrogens with zero attached hydrogens (tertiary/aromatic N) is 3. The Kier molecular flexibility index (Phi) is 3.48. The van der Waals surface area contributed by atoms with Gasteiger partial charge < -0.3 is 11.1 Å². The largest absolute Gasteiger partial charge is 0.394 e. The summed E-state index contributed by atoms with van der Waals surface area (Å²) in [5, 5.41) is 10.1. The Hall–Kier alpha value is -2.56. The molecule has 0 bridgehead atoms. The molecule has 108 valence electrons. The van der Waals surface area contributed by atoms with E-state index in [1.165, 1.54) is 0 Å². The number of hydrogen-bond donors (Lipinski definition) is 2. The van der Waals surface area contributed by atoms with Crippen LogP contribution in [0.15, 0.2) is 36.7 Å². The highest BCUT2D eigenvalue weighted by molar-refractivity contribution is 5.95. The monoisotopic (exact) mass is 281 g/mol. The first-order valence-electron chi connectivity index (χ1n) is 7.11. The van der Waals surface area contributed by atoms with Crippen LogP contribution in [0.5, 0.6) is 0 Å². The molecule has 0 radical (unpaired) electrons. The quantitative estimate of drug-likeness (QED) is 0.770. The number of nitrogens with one attached hydrogen (secondary N) is 1. The van der Waals surface area contributed by atoms with Gasteiger partial charge >= 0.3 is 0 Å². The lowest BCUT2D eigenvalue weighted by Crippen LogP contribution is -2.01. The molecule has 0 unspecified atom stereocenters. The molecule has 2 aromatic heterocycles. The van der Waals surface area contributed by atoms with Gasteiger partial charge in [-0.3, -0.25) is 9.67 Å². The summed E-state index contributed by atoms with van der Waals surface area (Å²) >= 11 is 0. The number of benzene rings is 1. The van der Waals surface area contributed by atoms with Gasteiger partial charge in [0.05, 0.1) is 11.4 Å². The molecule has 0 amide bonds. The summed E-state index contributed by atoms with van der Waals surface area (Å²) in [6.07, 6.45) is 5.57. The Balaban J connectivity index is 2.03.